The zero-order valence-electron chi connectivity index (χ0n) is 10.9. The Bertz CT molecular complexity index is 172. The van der Waals surface area contributed by atoms with E-state index in [2.05, 4.69) is 12.2 Å². The Morgan fingerprint density at radius 1 is 1.40 bits per heavy atom. The van der Waals surface area contributed by atoms with Gasteiger partial charge in [-0.2, -0.15) is 0 Å². The molecule has 0 spiro atoms. The lowest BCUT2D eigenvalue weighted by atomic mass is 10.1. The molecule has 0 aliphatic rings. The van der Waals surface area contributed by atoms with Crippen molar-refractivity contribution >= 4 is 0 Å². The first kappa shape index (κ1) is 14.8. The molecule has 0 aromatic rings. The standard InChI is InChI=1S/C11H26N2O2/c1-9(10(2)15-6)12-7-11(3,14)8-13(4)5/h9-10,12,14H,7-8H2,1-6H3. The molecule has 3 atom stereocenters. The third kappa shape index (κ3) is 6.84. The first-order valence-corrected chi connectivity index (χ1v) is 5.42. The Hall–Kier alpha value is -0.160. The van der Waals surface area contributed by atoms with E-state index in [1.165, 1.54) is 0 Å². The minimum absolute atomic E-state index is 0.153. The van der Waals surface area contributed by atoms with Gasteiger partial charge in [0.2, 0.25) is 0 Å². The number of rotatable bonds is 7. The molecule has 0 radical (unpaired) electrons. The molecule has 0 rings (SSSR count). The SMILES string of the molecule is COC(C)C(C)NCC(C)(O)CN(C)C. The largest absolute Gasteiger partial charge is 0.388 e. The maximum atomic E-state index is 10.0. The average Bonchev–Trinajstić information content (AvgIpc) is 2.11. The normalized spacial score (nSPS) is 20.0. The van der Waals surface area contributed by atoms with Gasteiger partial charge < -0.3 is 20.1 Å². The summed E-state index contributed by atoms with van der Waals surface area (Å²) < 4.78 is 5.20. The van der Waals surface area contributed by atoms with Gasteiger partial charge in [-0.3, -0.25) is 0 Å². The van der Waals surface area contributed by atoms with E-state index < -0.39 is 5.60 Å². The number of aliphatic hydroxyl groups is 1. The van der Waals surface area contributed by atoms with E-state index in [1.807, 2.05) is 32.8 Å². The van der Waals surface area contributed by atoms with Gasteiger partial charge in [0.1, 0.15) is 0 Å². The van der Waals surface area contributed by atoms with E-state index >= 15 is 0 Å². The molecule has 4 nitrogen and oxygen atoms in total. The second-order valence-corrected chi connectivity index (χ2v) is 4.85. The van der Waals surface area contributed by atoms with Gasteiger partial charge in [0, 0.05) is 26.2 Å². The van der Waals surface area contributed by atoms with Crippen molar-refractivity contribution in [2.24, 2.45) is 0 Å². The second kappa shape index (κ2) is 6.43. The van der Waals surface area contributed by atoms with Crippen LogP contribution >= 0.6 is 0 Å². The lowest BCUT2D eigenvalue weighted by Crippen LogP contribution is -2.49. The van der Waals surface area contributed by atoms with E-state index in [0.29, 0.717) is 13.1 Å². The lowest BCUT2D eigenvalue weighted by Gasteiger charge is -2.30. The topological polar surface area (TPSA) is 44.7 Å². The first-order valence-electron chi connectivity index (χ1n) is 5.42. The van der Waals surface area contributed by atoms with Gasteiger partial charge in [-0.25, -0.2) is 0 Å². The van der Waals surface area contributed by atoms with Crippen molar-refractivity contribution in [1.82, 2.24) is 10.2 Å². The van der Waals surface area contributed by atoms with E-state index in [4.69, 9.17) is 4.74 Å². The molecular weight excluding hydrogens is 192 g/mol. The highest BCUT2D eigenvalue weighted by Gasteiger charge is 2.22. The van der Waals surface area contributed by atoms with Gasteiger partial charge in [0.15, 0.2) is 0 Å². The van der Waals surface area contributed by atoms with Crippen LogP contribution in [-0.2, 0) is 4.74 Å². The van der Waals surface area contributed by atoms with Crippen LogP contribution in [0.25, 0.3) is 0 Å². The Morgan fingerprint density at radius 2 is 1.93 bits per heavy atom. The number of ether oxygens (including phenoxy) is 1. The van der Waals surface area contributed by atoms with Gasteiger partial charge in [0.25, 0.3) is 0 Å². The minimum Gasteiger partial charge on any atom is -0.388 e. The number of hydrogen-bond donors (Lipinski definition) is 2. The molecule has 0 aromatic heterocycles. The smallest absolute Gasteiger partial charge is 0.0869 e. The zero-order chi connectivity index (χ0) is 12.1. The van der Waals surface area contributed by atoms with Gasteiger partial charge >= 0.3 is 0 Å². The maximum absolute atomic E-state index is 10.0. The molecule has 4 heteroatoms. The van der Waals surface area contributed by atoms with E-state index in [-0.39, 0.29) is 12.1 Å². The minimum atomic E-state index is -0.703. The van der Waals surface area contributed by atoms with Gasteiger partial charge in [-0.1, -0.05) is 0 Å². The van der Waals surface area contributed by atoms with Crippen LogP contribution in [0, 0.1) is 0 Å². The quantitative estimate of drug-likeness (QED) is 0.645. The summed E-state index contributed by atoms with van der Waals surface area (Å²) in [6, 6.07) is 0.239. The molecule has 92 valence electrons. The number of methoxy groups -OCH3 is 1. The molecule has 15 heavy (non-hydrogen) atoms. The van der Waals surface area contributed by atoms with Crippen LogP contribution in [0.5, 0.6) is 0 Å². The molecule has 0 amide bonds. The fraction of sp³-hybridized carbons (Fsp3) is 1.00. The monoisotopic (exact) mass is 218 g/mol. The van der Waals surface area contributed by atoms with Crippen molar-refractivity contribution < 1.29 is 9.84 Å². The molecule has 0 aromatic carbocycles. The van der Waals surface area contributed by atoms with Crippen LogP contribution in [0.4, 0.5) is 0 Å². The van der Waals surface area contributed by atoms with Crippen LogP contribution in [0.1, 0.15) is 20.8 Å². The molecule has 2 N–H and O–H groups in total. The van der Waals surface area contributed by atoms with Gasteiger partial charge in [0.05, 0.1) is 11.7 Å². The van der Waals surface area contributed by atoms with Crippen molar-refractivity contribution in [1.29, 1.82) is 0 Å². The number of nitrogens with one attached hydrogen (secondary N) is 1. The molecular formula is C11H26N2O2. The van der Waals surface area contributed by atoms with Gasteiger partial charge in [-0.15, -0.1) is 0 Å². The molecule has 0 aliphatic heterocycles. The summed E-state index contributed by atoms with van der Waals surface area (Å²) in [5, 5.41) is 13.3. The highest BCUT2D eigenvalue weighted by molar-refractivity contribution is 4.81. The zero-order valence-corrected chi connectivity index (χ0v) is 10.9. The Morgan fingerprint density at radius 3 is 2.33 bits per heavy atom. The summed E-state index contributed by atoms with van der Waals surface area (Å²) in [6.45, 7) is 7.12. The highest BCUT2D eigenvalue weighted by Crippen LogP contribution is 2.04. The Kier molecular flexibility index (Phi) is 6.36. The number of nitrogens with zero attached hydrogens (tertiary/aromatic N) is 1. The van der Waals surface area contributed by atoms with Crippen molar-refractivity contribution in [3.05, 3.63) is 0 Å². The Labute approximate surface area is 93.6 Å². The maximum Gasteiger partial charge on any atom is 0.0869 e. The summed E-state index contributed by atoms with van der Waals surface area (Å²) >= 11 is 0. The van der Waals surface area contributed by atoms with Gasteiger partial charge in [-0.05, 0) is 34.9 Å². The molecule has 0 saturated carbocycles. The van der Waals surface area contributed by atoms with Crippen molar-refractivity contribution in [2.45, 2.75) is 38.5 Å². The number of hydrogen-bond acceptors (Lipinski definition) is 4. The van der Waals surface area contributed by atoms with E-state index in [9.17, 15) is 5.11 Å². The van der Waals surface area contributed by atoms with Crippen molar-refractivity contribution in [3.8, 4) is 0 Å². The summed E-state index contributed by atoms with van der Waals surface area (Å²) in [5.74, 6) is 0. The third-order valence-corrected chi connectivity index (χ3v) is 2.54. The predicted octanol–water partition coefficient (Wildman–Crippen LogP) is 0.312. The molecule has 0 aliphatic carbocycles. The molecule has 0 heterocycles. The number of likely N-dealkylation sites (N-methyl/N-ethyl adjacent to an activating group) is 1. The van der Waals surface area contributed by atoms with Crippen LogP contribution in [0.3, 0.4) is 0 Å². The summed E-state index contributed by atoms with van der Waals surface area (Å²) in [4.78, 5) is 1.98. The fourth-order valence-corrected chi connectivity index (χ4v) is 1.49. The highest BCUT2D eigenvalue weighted by atomic mass is 16.5. The summed E-state index contributed by atoms with van der Waals surface area (Å²) in [6.07, 6.45) is 0.153. The Balaban J connectivity index is 3.92. The van der Waals surface area contributed by atoms with E-state index in [1.54, 1.807) is 7.11 Å². The van der Waals surface area contributed by atoms with Crippen LogP contribution < -0.4 is 5.32 Å². The van der Waals surface area contributed by atoms with E-state index in [0.717, 1.165) is 0 Å². The van der Waals surface area contributed by atoms with Crippen LogP contribution in [0.2, 0.25) is 0 Å². The first-order chi connectivity index (χ1) is 6.78. The molecule has 3 unspecified atom stereocenters. The van der Waals surface area contributed by atoms with Crippen molar-refractivity contribution in [3.63, 3.8) is 0 Å². The summed E-state index contributed by atoms with van der Waals surface area (Å²) in [5.41, 5.74) is -0.703. The van der Waals surface area contributed by atoms with Crippen LogP contribution in [0.15, 0.2) is 0 Å². The molecule has 0 bridgehead atoms. The molecule has 0 saturated heterocycles. The summed E-state index contributed by atoms with van der Waals surface area (Å²) in [7, 11) is 5.60. The van der Waals surface area contributed by atoms with Crippen LogP contribution in [-0.4, -0.2) is 62.0 Å². The predicted molar refractivity (Wildman–Crippen MR) is 63.1 cm³/mol. The average molecular weight is 218 g/mol. The fourth-order valence-electron chi connectivity index (χ4n) is 1.49. The lowest BCUT2D eigenvalue weighted by molar-refractivity contribution is 0.0221. The molecule has 0 fully saturated rings. The third-order valence-electron chi connectivity index (χ3n) is 2.54. The second-order valence-electron chi connectivity index (χ2n) is 4.85. The van der Waals surface area contributed by atoms with Crippen molar-refractivity contribution in [2.75, 3.05) is 34.3 Å².